The summed E-state index contributed by atoms with van der Waals surface area (Å²) in [6.07, 6.45) is -9.23. The largest absolute Gasteiger partial charge is 0.459 e. The van der Waals surface area contributed by atoms with Crippen molar-refractivity contribution in [3.8, 4) is 0 Å². The van der Waals surface area contributed by atoms with Gasteiger partial charge < -0.3 is 34.1 Å². The number of benzene rings is 2. The molecule has 0 saturated carbocycles. The molecule has 206 valence electrons. The number of ketones is 1. The maximum Gasteiger partial charge on any atom is 0.338 e. The Labute approximate surface area is 229 Å². The summed E-state index contributed by atoms with van der Waals surface area (Å²) in [6, 6.07) is 16.9. The molecule has 11 heteroatoms. The molecule has 2 heterocycles. The van der Waals surface area contributed by atoms with Crippen LogP contribution in [0.25, 0.3) is 0 Å². The molecule has 4 rings (SSSR count). The number of carbonyl (C=O) groups excluding carboxylic acids is 3. The fourth-order valence-electron chi connectivity index (χ4n) is 4.33. The van der Waals surface area contributed by atoms with Crippen LogP contribution in [0.5, 0.6) is 0 Å². The number of hydrogen-bond donors (Lipinski definition) is 3. The van der Waals surface area contributed by atoms with Gasteiger partial charge in [0.25, 0.3) is 0 Å². The van der Waals surface area contributed by atoms with Gasteiger partial charge in [0, 0.05) is 23.3 Å². The lowest BCUT2D eigenvalue weighted by molar-refractivity contribution is -0.287. The first-order valence-corrected chi connectivity index (χ1v) is 12.5. The molecule has 1 aromatic heterocycles. The second-order valence-corrected chi connectivity index (χ2v) is 9.66. The van der Waals surface area contributed by atoms with Crippen LogP contribution in [0.2, 0.25) is 5.02 Å². The van der Waals surface area contributed by atoms with Crippen LogP contribution < -0.4 is 0 Å². The van der Waals surface area contributed by atoms with Crippen LogP contribution in [-0.2, 0) is 43.9 Å². The molecule has 3 aromatic rings. The van der Waals surface area contributed by atoms with Crippen molar-refractivity contribution in [2.24, 2.45) is 7.05 Å². The van der Waals surface area contributed by atoms with Gasteiger partial charge in [-0.2, -0.15) is 0 Å². The van der Waals surface area contributed by atoms with Gasteiger partial charge in [-0.05, 0) is 48.4 Å². The standard InChI is InChI=1S/C28H28ClNO9/c1-15-12-19(30(2)21(15)22(32)17-8-10-18(29)11-9-17)13-20(31)38-28-25(35)23(33)24(34)26(39-28)27(36)37-14-16-6-4-3-5-7-16/h3-12,23-26,28,33-35H,13-14H2,1-2H3/t23-,24-,25+,26-,28+/m0/s1. The number of rotatable bonds is 8. The van der Waals surface area contributed by atoms with E-state index in [-0.39, 0.29) is 18.8 Å². The van der Waals surface area contributed by atoms with Gasteiger partial charge in [0.2, 0.25) is 12.1 Å². The molecule has 10 nitrogen and oxygen atoms in total. The van der Waals surface area contributed by atoms with E-state index in [4.69, 9.17) is 25.8 Å². The molecule has 0 amide bonds. The van der Waals surface area contributed by atoms with E-state index in [1.807, 2.05) is 0 Å². The number of ether oxygens (including phenoxy) is 3. The molecule has 3 N–H and O–H groups in total. The summed E-state index contributed by atoms with van der Waals surface area (Å²) < 4.78 is 17.3. The van der Waals surface area contributed by atoms with Crippen LogP contribution in [-0.4, -0.2) is 68.3 Å². The summed E-state index contributed by atoms with van der Waals surface area (Å²) in [5.41, 5.74) is 2.56. The van der Waals surface area contributed by atoms with Crippen molar-refractivity contribution in [3.63, 3.8) is 0 Å². The Kier molecular flexibility index (Phi) is 8.83. The fourth-order valence-corrected chi connectivity index (χ4v) is 4.46. The Bertz CT molecular complexity index is 1340. The first kappa shape index (κ1) is 28.5. The number of nitrogens with zero attached hydrogens (tertiary/aromatic N) is 1. The molecule has 0 spiro atoms. The van der Waals surface area contributed by atoms with Gasteiger partial charge in [-0.15, -0.1) is 0 Å². The van der Waals surface area contributed by atoms with Gasteiger partial charge in [0.1, 0.15) is 24.9 Å². The van der Waals surface area contributed by atoms with Gasteiger partial charge in [-0.25, -0.2) is 4.79 Å². The molecule has 2 aromatic carbocycles. The van der Waals surface area contributed by atoms with Crippen molar-refractivity contribution in [1.29, 1.82) is 0 Å². The number of esters is 2. The minimum Gasteiger partial charge on any atom is -0.459 e. The predicted molar refractivity (Wildman–Crippen MR) is 138 cm³/mol. The van der Waals surface area contributed by atoms with E-state index in [0.29, 0.717) is 33.1 Å². The van der Waals surface area contributed by atoms with Crippen LogP contribution in [0.15, 0.2) is 60.7 Å². The average Bonchev–Trinajstić information content (AvgIpc) is 3.20. The summed E-state index contributed by atoms with van der Waals surface area (Å²) in [4.78, 5) is 38.4. The molecule has 5 atom stereocenters. The highest BCUT2D eigenvalue weighted by Crippen LogP contribution is 2.25. The normalized spacial score (nSPS) is 22.8. The summed E-state index contributed by atoms with van der Waals surface area (Å²) >= 11 is 5.91. The highest BCUT2D eigenvalue weighted by molar-refractivity contribution is 6.30. The third-order valence-electron chi connectivity index (χ3n) is 6.44. The van der Waals surface area contributed by atoms with Gasteiger partial charge in [-0.1, -0.05) is 41.9 Å². The maximum atomic E-state index is 13.0. The van der Waals surface area contributed by atoms with E-state index < -0.39 is 42.6 Å². The molecular formula is C28H28ClNO9. The van der Waals surface area contributed by atoms with Crippen LogP contribution >= 0.6 is 11.6 Å². The molecule has 0 unspecified atom stereocenters. The zero-order valence-corrected chi connectivity index (χ0v) is 21.9. The SMILES string of the molecule is Cc1cc(CC(=O)O[C@@H]2O[C@H](C(=O)OCc3ccccc3)[C@@H](O)[C@H](O)[C@H]2O)n(C)c1C(=O)c1ccc(Cl)cc1. The second kappa shape index (κ2) is 12.1. The molecule has 0 bridgehead atoms. The molecule has 1 fully saturated rings. The Hall–Kier alpha value is -3.54. The zero-order chi connectivity index (χ0) is 28.3. The average molecular weight is 558 g/mol. The van der Waals surface area contributed by atoms with Gasteiger partial charge in [0.15, 0.2) is 6.10 Å². The van der Waals surface area contributed by atoms with Crippen LogP contribution in [0, 0.1) is 6.92 Å². The molecule has 1 aliphatic rings. The van der Waals surface area contributed by atoms with Crippen molar-refractivity contribution in [3.05, 3.63) is 93.8 Å². The van der Waals surface area contributed by atoms with E-state index in [0.717, 1.165) is 0 Å². The van der Waals surface area contributed by atoms with E-state index in [1.165, 1.54) is 0 Å². The lowest BCUT2D eigenvalue weighted by Gasteiger charge is -2.38. The van der Waals surface area contributed by atoms with Crippen LogP contribution in [0.4, 0.5) is 0 Å². The van der Waals surface area contributed by atoms with Crippen molar-refractivity contribution in [2.75, 3.05) is 0 Å². The summed E-state index contributed by atoms with van der Waals surface area (Å²) in [5.74, 6) is -2.11. The van der Waals surface area contributed by atoms with Crippen molar-refractivity contribution in [2.45, 2.75) is 50.7 Å². The monoisotopic (exact) mass is 557 g/mol. The zero-order valence-electron chi connectivity index (χ0n) is 21.2. The Morgan fingerprint density at radius 2 is 1.64 bits per heavy atom. The Balaban J connectivity index is 1.42. The lowest BCUT2D eigenvalue weighted by Crippen LogP contribution is -2.61. The number of aryl methyl sites for hydroxylation is 1. The van der Waals surface area contributed by atoms with Gasteiger partial charge in [-0.3, -0.25) is 9.59 Å². The maximum absolute atomic E-state index is 13.0. The lowest BCUT2D eigenvalue weighted by atomic mass is 9.99. The number of hydrogen-bond acceptors (Lipinski definition) is 9. The number of aromatic nitrogens is 1. The van der Waals surface area contributed by atoms with E-state index in [9.17, 15) is 29.7 Å². The van der Waals surface area contributed by atoms with Gasteiger partial charge in [0.05, 0.1) is 12.1 Å². The Morgan fingerprint density at radius 1 is 0.974 bits per heavy atom. The van der Waals surface area contributed by atoms with Crippen molar-refractivity contribution < 1.29 is 43.9 Å². The number of aliphatic hydroxyl groups excluding tert-OH is 3. The molecule has 1 saturated heterocycles. The first-order valence-electron chi connectivity index (χ1n) is 12.1. The van der Waals surface area contributed by atoms with E-state index in [1.54, 1.807) is 79.2 Å². The molecular weight excluding hydrogens is 530 g/mol. The quantitative estimate of drug-likeness (QED) is 0.279. The molecule has 1 aliphatic heterocycles. The molecule has 0 radical (unpaired) electrons. The second-order valence-electron chi connectivity index (χ2n) is 9.22. The van der Waals surface area contributed by atoms with Crippen molar-refractivity contribution in [1.82, 2.24) is 4.57 Å². The number of carbonyl (C=O) groups is 3. The predicted octanol–water partition coefficient (Wildman–Crippen LogP) is 1.85. The van der Waals surface area contributed by atoms with E-state index in [2.05, 4.69) is 0 Å². The van der Waals surface area contributed by atoms with Crippen LogP contribution in [0.1, 0.15) is 32.9 Å². The summed E-state index contributed by atoms with van der Waals surface area (Å²) in [7, 11) is 1.63. The highest BCUT2D eigenvalue weighted by atomic mass is 35.5. The topological polar surface area (TPSA) is 145 Å². The fraction of sp³-hybridized carbons (Fsp3) is 0.321. The van der Waals surface area contributed by atoms with Crippen molar-refractivity contribution >= 4 is 29.3 Å². The third kappa shape index (κ3) is 6.38. The van der Waals surface area contributed by atoms with Gasteiger partial charge >= 0.3 is 11.9 Å². The van der Waals surface area contributed by atoms with E-state index >= 15 is 0 Å². The smallest absolute Gasteiger partial charge is 0.338 e. The minimum atomic E-state index is -1.84. The summed E-state index contributed by atoms with van der Waals surface area (Å²) in [6.45, 7) is 1.62. The Morgan fingerprint density at radius 3 is 2.31 bits per heavy atom. The molecule has 39 heavy (non-hydrogen) atoms. The number of aliphatic hydroxyl groups is 3. The summed E-state index contributed by atoms with van der Waals surface area (Å²) in [5, 5.41) is 31.4. The minimum absolute atomic E-state index is 0.112. The number of halogens is 1. The highest BCUT2D eigenvalue weighted by Gasteiger charge is 2.49. The third-order valence-corrected chi connectivity index (χ3v) is 6.70. The first-order chi connectivity index (χ1) is 18.6. The molecule has 0 aliphatic carbocycles. The van der Waals surface area contributed by atoms with Crippen LogP contribution in [0.3, 0.4) is 0 Å².